The number of carbonyl (C=O) groups excluding carboxylic acids is 1. The minimum absolute atomic E-state index is 0.269. The van der Waals surface area contributed by atoms with E-state index in [4.69, 9.17) is 0 Å². The summed E-state index contributed by atoms with van der Waals surface area (Å²) in [5.74, 6) is 0.269. The van der Waals surface area contributed by atoms with Crippen molar-refractivity contribution < 1.29 is 4.79 Å². The first-order chi connectivity index (χ1) is 10.1. The molecule has 2 aromatic rings. The molecule has 0 atom stereocenters. The summed E-state index contributed by atoms with van der Waals surface area (Å²) in [6.45, 7) is 4.77. The molecule has 0 bridgehead atoms. The molecular formula is C18H22OSSi. The number of rotatable bonds is 7. The minimum atomic E-state index is -1.35. The molecule has 1 nitrogen and oxygen atoms in total. The van der Waals surface area contributed by atoms with Gasteiger partial charge < -0.3 is 0 Å². The maximum Gasteiger partial charge on any atom is 0.162 e. The van der Waals surface area contributed by atoms with E-state index < -0.39 is 7.22 Å². The summed E-state index contributed by atoms with van der Waals surface area (Å²) in [4.78, 5) is 13.4. The van der Waals surface area contributed by atoms with Crippen LogP contribution in [0.3, 0.4) is 0 Å². The largest absolute Gasteiger partial charge is 0.294 e. The lowest BCUT2D eigenvalue weighted by Crippen LogP contribution is -2.20. The Hall–Kier alpha value is -1.32. The molecule has 0 unspecified atom stereocenters. The number of benzene rings is 2. The zero-order valence-corrected chi connectivity index (χ0v) is 14.5. The Kier molecular flexibility index (Phi) is 5.82. The summed E-state index contributed by atoms with van der Waals surface area (Å²) in [7, 11) is -1.35. The third kappa shape index (κ3) is 5.52. The molecule has 3 heteroatoms. The Bertz CT molecular complexity index is 566. The third-order valence-corrected chi connectivity index (χ3v) is 9.01. The topological polar surface area (TPSA) is 17.1 Å². The highest BCUT2D eigenvalue weighted by Gasteiger charge is 2.22. The van der Waals surface area contributed by atoms with Crippen LogP contribution in [0.5, 0.6) is 0 Å². The molecule has 0 amide bonds. The van der Waals surface area contributed by atoms with E-state index >= 15 is 0 Å². The summed E-state index contributed by atoms with van der Waals surface area (Å²) < 4.78 is 0. The smallest absolute Gasteiger partial charge is 0.162 e. The predicted molar refractivity (Wildman–Crippen MR) is 94.6 cm³/mol. The van der Waals surface area contributed by atoms with Crippen LogP contribution in [0, 0.1) is 0 Å². The van der Waals surface area contributed by atoms with Crippen molar-refractivity contribution in [3.05, 3.63) is 66.2 Å². The second-order valence-corrected chi connectivity index (χ2v) is 14.4. The van der Waals surface area contributed by atoms with Crippen LogP contribution >= 0.6 is 11.2 Å². The molecule has 0 saturated heterocycles. The van der Waals surface area contributed by atoms with Crippen LogP contribution in [0.25, 0.3) is 0 Å². The number of ketones is 1. The van der Waals surface area contributed by atoms with Crippen molar-refractivity contribution in [2.75, 3.05) is 0 Å². The molecule has 2 aromatic carbocycles. The van der Waals surface area contributed by atoms with Crippen LogP contribution in [0.2, 0.25) is 19.1 Å². The van der Waals surface area contributed by atoms with E-state index in [-0.39, 0.29) is 5.78 Å². The van der Waals surface area contributed by atoms with Gasteiger partial charge in [0.15, 0.2) is 5.78 Å². The van der Waals surface area contributed by atoms with Crippen molar-refractivity contribution in [3.8, 4) is 0 Å². The second-order valence-electron chi connectivity index (χ2n) is 5.82. The van der Waals surface area contributed by atoms with Crippen LogP contribution in [0.15, 0.2) is 65.6 Å². The highest BCUT2D eigenvalue weighted by molar-refractivity contribution is 8.28. The molecule has 110 valence electrons. The number of hydrogen-bond acceptors (Lipinski definition) is 2. The van der Waals surface area contributed by atoms with Crippen LogP contribution in [0.1, 0.15) is 23.2 Å². The molecular weight excluding hydrogens is 292 g/mol. The lowest BCUT2D eigenvalue weighted by atomic mass is 10.1. The third-order valence-electron chi connectivity index (χ3n) is 3.42. The fourth-order valence-corrected chi connectivity index (χ4v) is 7.42. The molecule has 0 aromatic heterocycles. The molecule has 0 saturated carbocycles. The van der Waals surface area contributed by atoms with Crippen molar-refractivity contribution in [1.82, 2.24) is 0 Å². The molecule has 0 N–H and O–H groups in total. The average molecular weight is 315 g/mol. The number of carbonyl (C=O) groups is 1. The van der Waals surface area contributed by atoms with Gasteiger partial charge in [-0.15, -0.1) is 0 Å². The van der Waals surface area contributed by atoms with Gasteiger partial charge >= 0.3 is 0 Å². The van der Waals surface area contributed by atoms with Gasteiger partial charge in [-0.1, -0.05) is 61.6 Å². The molecule has 0 aliphatic heterocycles. The van der Waals surface area contributed by atoms with Gasteiger partial charge in [0.05, 0.1) is 0 Å². The predicted octanol–water partition coefficient (Wildman–Crippen LogP) is 5.65. The summed E-state index contributed by atoms with van der Waals surface area (Å²) >= 11 is 2.02. The molecule has 0 radical (unpaired) electrons. The first kappa shape index (κ1) is 16.1. The standard InChI is InChI=1S/C18H22OSSi/c1-21(2,20-17-12-7-4-8-13-17)15-9-14-18(19)16-10-5-3-6-11-16/h3-8,10-13H,9,14-15H2,1-2H3. The number of hydrogen-bond donors (Lipinski definition) is 0. The normalized spacial score (nSPS) is 11.3. The molecule has 2 rings (SSSR count). The van der Waals surface area contributed by atoms with Crippen LogP contribution in [-0.2, 0) is 0 Å². The van der Waals surface area contributed by atoms with Crippen molar-refractivity contribution in [2.24, 2.45) is 0 Å². The minimum Gasteiger partial charge on any atom is -0.294 e. The van der Waals surface area contributed by atoms with E-state index in [0.717, 1.165) is 12.0 Å². The second kappa shape index (κ2) is 7.62. The lowest BCUT2D eigenvalue weighted by Gasteiger charge is -2.21. The van der Waals surface area contributed by atoms with Gasteiger partial charge in [0.1, 0.15) is 7.22 Å². The van der Waals surface area contributed by atoms with Gasteiger partial charge in [-0.25, -0.2) is 0 Å². The van der Waals surface area contributed by atoms with Crippen molar-refractivity contribution >= 4 is 24.2 Å². The van der Waals surface area contributed by atoms with Crippen molar-refractivity contribution in [2.45, 2.75) is 36.9 Å². The quantitative estimate of drug-likeness (QED) is 0.485. The van der Waals surface area contributed by atoms with Crippen LogP contribution in [0.4, 0.5) is 0 Å². The van der Waals surface area contributed by atoms with E-state index in [1.807, 2.05) is 41.5 Å². The molecule has 0 aliphatic rings. The summed E-state index contributed by atoms with van der Waals surface area (Å²) in [5.41, 5.74) is 0.840. The first-order valence-electron chi connectivity index (χ1n) is 7.39. The highest BCUT2D eigenvalue weighted by atomic mass is 32.4. The Balaban J connectivity index is 1.81. The Morgan fingerprint density at radius 1 is 0.952 bits per heavy atom. The molecule has 0 heterocycles. The Morgan fingerprint density at radius 3 is 2.14 bits per heavy atom. The van der Waals surface area contributed by atoms with Crippen LogP contribution < -0.4 is 0 Å². The van der Waals surface area contributed by atoms with Crippen LogP contribution in [-0.4, -0.2) is 13.0 Å². The van der Waals surface area contributed by atoms with E-state index in [0.29, 0.717) is 6.42 Å². The van der Waals surface area contributed by atoms with Gasteiger partial charge in [0.2, 0.25) is 0 Å². The Labute approximate surface area is 132 Å². The fraction of sp³-hybridized carbons (Fsp3) is 0.278. The van der Waals surface area contributed by atoms with E-state index in [2.05, 4.69) is 43.4 Å². The maximum atomic E-state index is 12.1. The van der Waals surface area contributed by atoms with E-state index in [1.54, 1.807) is 0 Å². The molecule has 0 spiro atoms. The fourth-order valence-electron chi connectivity index (χ4n) is 2.30. The van der Waals surface area contributed by atoms with Gasteiger partial charge in [0.25, 0.3) is 0 Å². The number of Topliss-reactive ketones (excluding diaryl/α,β-unsaturated/α-hetero) is 1. The lowest BCUT2D eigenvalue weighted by molar-refractivity contribution is 0.0981. The molecule has 21 heavy (non-hydrogen) atoms. The summed E-state index contributed by atoms with van der Waals surface area (Å²) in [6, 6.07) is 21.4. The average Bonchev–Trinajstić information content (AvgIpc) is 2.48. The molecule has 0 fully saturated rings. The SMILES string of the molecule is C[Si](C)(CCCC(=O)c1ccccc1)Sc1ccccc1. The van der Waals surface area contributed by atoms with E-state index in [1.165, 1.54) is 10.9 Å². The van der Waals surface area contributed by atoms with Gasteiger partial charge in [-0.3, -0.25) is 4.79 Å². The zero-order chi connectivity index (χ0) is 15.1. The maximum absolute atomic E-state index is 12.1. The van der Waals surface area contributed by atoms with E-state index in [9.17, 15) is 4.79 Å². The zero-order valence-electron chi connectivity index (χ0n) is 12.7. The first-order valence-corrected chi connectivity index (χ1v) is 12.1. The van der Waals surface area contributed by atoms with Gasteiger partial charge in [0, 0.05) is 16.9 Å². The van der Waals surface area contributed by atoms with Gasteiger partial charge in [-0.05, 0) is 24.6 Å². The van der Waals surface area contributed by atoms with Gasteiger partial charge in [-0.2, -0.15) is 11.2 Å². The summed E-state index contributed by atoms with van der Waals surface area (Å²) in [5, 5.41) is 0. The van der Waals surface area contributed by atoms with Crippen molar-refractivity contribution in [1.29, 1.82) is 0 Å². The monoisotopic (exact) mass is 314 g/mol. The van der Waals surface area contributed by atoms with Crippen molar-refractivity contribution in [3.63, 3.8) is 0 Å². The Morgan fingerprint density at radius 2 is 1.52 bits per heavy atom. The summed E-state index contributed by atoms with van der Waals surface area (Å²) in [6.07, 6.45) is 1.66. The highest BCUT2D eigenvalue weighted by Crippen LogP contribution is 2.33. The molecule has 0 aliphatic carbocycles.